The van der Waals surface area contributed by atoms with Gasteiger partial charge in [-0.3, -0.25) is 14.5 Å². The van der Waals surface area contributed by atoms with Crippen LogP contribution in [-0.4, -0.2) is 48.2 Å². The summed E-state index contributed by atoms with van der Waals surface area (Å²) in [6.45, 7) is 5.41. The van der Waals surface area contributed by atoms with Crippen molar-refractivity contribution in [2.75, 3.05) is 13.2 Å². The maximum absolute atomic E-state index is 11.8. The fourth-order valence-corrected chi connectivity index (χ4v) is 2.85. The maximum atomic E-state index is 11.8. The van der Waals surface area contributed by atoms with Crippen molar-refractivity contribution in [2.45, 2.75) is 57.8 Å². The van der Waals surface area contributed by atoms with E-state index < -0.39 is 0 Å². The first-order valence-electron chi connectivity index (χ1n) is 7.47. The molecule has 0 bridgehead atoms. The molecule has 1 fully saturated rings. The molecule has 0 N–H and O–H groups in total. The Hall–Kier alpha value is -1.20. The van der Waals surface area contributed by atoms with Crippen LogP contribution in [-0.2, 0) is 19.1 Å². The van der Waals surface area contributed by atoms with Gasteiger partial charge in [0.1, 0.15) is 6.10 Å². The number of nitrogens with zero attached hydrogens (tertiary/aromatic N) is 1. The first kappa shape index (κ1) is 15.2. The van der Waals surface area contributed by atoms with Crippen molar-refractivity contribution in [3.8, 4) is 0 Å². The number of rotatable bonds is 7. The second kappa shape index (κ2) is 6.99. The van der Waals surface area contributed by atoms with Gasteiger partial charge in [0, 0.05) is 25.4 Å². The highest BCUT2D eigenvalue weighted by atomic mass is 16.5. The fourth-order valence-electron chi connectivity index (χ4n) is 2.85. The van der Waals surface area contributed by atoms with E-state index in [2.05, 4.69) is 6.92 Å². The molecule has 0 spiro atoms. The monoisotopic (exact) mass is 281 g/mol. The smallest absolute Gasteiger partial charge is 0.253 e. The van der Waals surface area contributed by atoms with Crippen molar-refractivity contribution in [3.05, 3.63) is 12.2 Å². The largest absolute Gasteiger partial charge is 0.375 e. The molecule has 2 amide bonds. The van der Waals surface area contributed by atoms with E-state index in [9.17, 15) is 9.59 Å². The van der Waals surface area contributed by atoms with Gasteiger partial charge in [0.15, 0.2) is 0 Å². The number of ether oxygens (including phenoxy) is 2. The molecule has 112 valence electrons. The third kappa shape index (κ3) is 3.10. The summed E-state index contributed by atoms with van der Waals surface area (Å²) < 4.78 is 11.7. The van der Waals surface area contributed by atoms with Gasteiger partial charge < -0.3 is 9.47 Å². The number of carbonyl (C=O) groups is 2. The average Bonchev–Trinajstić information content (AvgIpc) is 2.97. The van der Waals surface area contributed by atoms with E-state index in [4.69, 9.17) is 9.47 Å². The lowest BCUT2D eigenvalue weighted by Crippen LogP contribution is -2.48. The van der Waals surface area contributed by atoms with E-state index in [1.54, 1.807) is 0 Å². The third-order valence-corrected chi connectivity index (χ3v) is 3.72. The van der Waals surface area contributed by atoms with Crippen LogP contribution < -0.4 is 0 Å². The Kier molecular flexibility index (Phi) is 5.31. The predicted molar refractivity (Wildman–Crippen MR) is 74.1 cm³/mol. The van der Waals surface area contributed by atoms with Gasteiger partial charge in [0.05, 0.1) is 12.1 Å². The lowest BCUT2D eigenvalue weighted by molar-refractivity contribution is -0.145. The van der Waals surface area contributed by atoms with Crippen LogP contribution in [0.3, 0.4) is 0 Å². The van der Waals surface area contributed by atoms with E-state index in [0.717, 1.165) is 25.7 Å². The van der Waals surface area contributed by atoms with E-state index in [0.29, 0.717) is 13.2 Å². The minimum Gasteiger partial charge on any atom is -0.375 e. The van der Waals surface area contributed by atoms with Crippen LogP contribution in [0, 0.1) is 0 Å². The topological polar surface area (TPSA) is 55.8 Å². The van der Waals surface area contributed by atoms with Crippen LogP contribution >= 0.6 is 0 Å². The zero-order chi connectivity index (χ0) is 14.5. The first-order valence-corrected chi connectivity index (χ1v) is 7.47. The standard InChI is InChI=1S/C15H23NO4/c1-3-9-19-12-6-5-11(15(12)20-10-4-2)16-13(17)7-8-14(16)18/h7-8,11-12,15H,3-6,9-10H2,1-2H3/t11-,12-,15-/m0/s1. The van der Waals surface area contributed by atoms with E-state index in [-0.39, 0.29) is 30.1 Å². The highest BCUT2D eigenvalue weighted by molar-refractivity contribution is 6.13. The molecule has 0 unspecified atom stereocenters. The molecule has 1 aliphatic heterocycles. The molecule has 2 aliphatic rings. The van der Waals surface area contributed by atoms with Gasteiger partial charge in [0.2, 0.25) is 0 Å². The molecule has 1 aliphatic carbocycles. The van der Waals surface area contributed by atoms with Crippen LogP contribution in [0.15, 0.2) is 12.2 Å². The average molecular weight is 281 g/mol. The Morgan fingerprint density at radius 2 is 1.65 bits per heavy atom. The second-order valence-electron chi connectivity index (χ2n) is 5.27. The van der Waals surface area contributed by atoms with E-state index >= 15 is 0 Å². The van der Waals surface area contributed by atoms with Crippen LogP contribution in [0.1, 0.15) is 39.5 Å². The summed E-state index contributed by atoms with van der Waals surface area (Å²) in [5.74, 6) is -0.470. The van der Waals surface area contributed by atoms with Gasteiger partial charge in [-0.05, 0) is 25.7 Å². The lowest BCUT2D eigenvalue weighted by atomic mass is 10.1. The summed E-state index contributed by atoms with van der Waals surface area (Å²) in [6, 6.07) is -0.196. The van der Waals surface area contributed by atoms with Crippen molar-refractivity contribution in [1.82, 2.24) is 4.90 Å². The van der Waals surface area contributed by atoms with Crippen LogP contribution in [0.25, 0.3) is 0 Å². The van der Waals surface area contributed by atoms with Crippen LogP contribution in [0.2, 0.25) is 0 Å². The van der Waals surface area contributed by atoms with Crippen LogP contribution in [0.4, 0.5) is 0 Å². The lowest BCUT2D eigenvalue weighted by Gasteiger charge is -2.30. The highest BCUT2D eigenvalue weighted by Crippen LogP contribution is 2.31. The summed E-state index contributed by atoms with van der Waals surface area (Å²) in [4.78, 5) is 25.0. The van der Waals surface area contributed by atoms with Gasteiger partial charge in [-0.2, -0.15) is 0 Å². The molecule has 2 rings (SSSR count). The quantitative estimate of drug-likeness (QED) is 0.666. The molecule has 3 atom stereocenters. The Bertz CT molecular complexity index is 375. The molecule has 5 nitrogen and oxygen atoms in total. The van der Waals surface area contributed by atoms with Gasteiger partial charge in [0.25, 0.3) is 11.8 Å². The maximum Gasteiger partial charge on any atom is 0.253 e. The number of imide groups is 1. The number of hydrogen-bond acceptors (Lipinski definition) is 4. The van der Waals surface area contributed by atoms with Gasteiger partial charge in [-0.1, -0.05) is 13.8 Å². The molecule has 0 radical (unpaired) electrons. The van der Waals surface area contributed by atoms with Crippen LogP contribution in [0.5, 0.6) is 0 Å². The van der Waals surface area contributed by atoms with E-state index in [1.165, 1.54) is 17.1 Å². The molecule has 0 aromatic rings. The molecular formula is C15H23NO4. The summed E-state index contributed by atoms with van der Waals surface area (Å²) in [6.07, 6.45) is 5.88. The zero-order valence-electron chi connectivity index (χ0n) is 12.2. The van der Waals surface area contributed by atoms with Crippen molar-refractivity contribution in [2.24, 2.45) is 0 Å². The van der Waals surface area contributed by atoms with Crippen molar-refractivity contribution < 1.29 is 19.1 Å². The second-order valence-corrected chi connectivity index (χ2v) is 5.27. The minimum atomic E-state index is -0.235. The molecule has 1 saturated carbocycles. The van der Waals surface area contributed by atoms with E-state index in [1.807, 2.05) is 6.92 Å². The Labute approximate surface area is 119 Å². The SMILES string of the molecule is CCCO[C@@H]1[C@@H](OCCC)CC[C@@H]1N1C(=O)C=CC1=O. The summed E-state index contributed by atoms with van der Waals surface area (Å²) >= 11 is 0. The first-order chi connectivity index (χ1) is 9.69. The number of amides is 2. The molecule has 5 heteroatoms. The normalized spacial score (nSPS) is 29.7. The zero-order valence-corrected chi connectivity index (χ0v) is 12.2. The van der Waals surface area contributed by atoms with Crippen molar-refractivity contribution in [3.63, 3.8) is 0 Å². The molecule has 0 aromatic carbocycles. The summed E-state index contributed by atoms with van der Waals surface area (Å²) in [5, 5.41) is 0. The molecular weight excluding hydrogens is 258 g/mol. The number of hydrogen-bond donors (Lipinski definition) is 0. The summed E-state index contributed by atoms with van der Waals surface area (Å²) in [5.41, 5.74) is 0. The molecule has 0 aromatic heterocycles. The van der Waals surface area contributed by atoms with Crippen molar-refractivity contribution in [1.29, 1.82) is 0 Å². The molecule has 20 heavy (non-hydrogen) atoms. The Balaban J connectivity index is 2.06. The third-order valence-electron chi connectivity index (χ3n) is 3.72. The van der Waals surface area contributed by atoms with Crippen molar-refractivity contribution >= 4 is 11.8 Å². The molecule has 1 heterocycles. The molecule has 0 saturated heterocycles. The highest BCUT2D eigenvalue weighted by Gasteiger charge is 2.45. The summed E-state index contributed by atoms with van der Waals surface area (Å²) in [7, 11) is 0. The van der Waals surface area contributed by atoms with Gasteiger partial charge >= 0.3 is 0 Å². The Morgan fingerprint density at radius 3 is 2.25 bits per heavy atom. The fraction of sp³-hybridized carbons (Fsp3) is 0.733. The van der Waals surface area contributed by atoms with Gasteiger partial charge in [-0.25, -0.2) is 0 Å². The number of carbonyl (C=O) groups excluding carboxylic acids is 2. The predicted octanol–water partition coefficient (Wildman–Crippen LogP) is 1.66. The van der Waals surface area contributed by atoms with Gasteiger partial charge in [-0.15, -0.1) is 0 Å². The minimum absolute atomic E-state index is 0.0206. The Morgan fingerprint density at radius 1 is 1.05 bits per heavy atom.